The zero-order valence-corrected chi connectivity index (χ0v) is 19.8. The van der Waals surface area contributed by atoms with Crippen LogP contribution in [0.3, 0.4) is 0 Å². The fourth-order valence-electron chi connectivity index (χ4n) is 3.21. The fraction of sp³-hybridized carbons (Fsp3) is 0.136. The molecule has 0 atom stereocenters. The number of nitro groups is 1. The van der Waals surface area contributed by atoms with Crippen molar-refractivity contribution < 1.29 is 19.2 Å². The van der Waals surface area contributed by atoms with E-state index in [2.05, 4.69) is 15.4 Å². The van der Waals surface area contributed by atoms with E-state index in [-0.39, 0.29) is 16.3 Å². The summed E-state index contributed by atoms with van der Waals surface area (Å²) < 4.78 is 12.1. The molecule has 0 aliphatic heterocycles. The van der Waals surface area contributed by atoms with E-state index >= 15 is 0 Å². The Morgan fingerprint density at radius 2 is 1.91 bits per heavy atom. The second-order valence-electron chi connectivity index (χ2n) is 7.04. The van der Waals surface area contributed by atoms with Gasteiger partial charge in [-0.05, 0) is 31.2 Å². The molecule has 0 radical (unpaired) electrons. The Kier molecular flexibility index (Phi) is 6.48. The normalized spacial score (nSPS) is 10.7. The van der Waals surface area contributed by atoms with Crippen LogP contribution in [0.1, 0.15) is 16.1 Å². The topological polar surface area (TPSA) is 121 Å². The van der Waals surface area contributed by atoms with E-state index in [0.29, 0.717) is 33.8 Å². The van der Waals surface area contributed by atoms with E-state index in [0.717, 1.165) is 11.6 Å². The van der Waals surface area contributed by atoms with Crippen LogP contribution in [0.5, 0.6) is 11.5 Å². The summed E-state index contributed by atoms with van der Waals surface area (Å²) in [5.41, 5.74) is 1.89. The molecule has 4 rings (SSSR count). The lowest BCUT2D eigenvalue weighted by atomic mass is 10.1. The smallest absolute Gasteiger partial charge is 0.270 e. The molecule has 1 N–H and O–H groups in total. The van der Waals surface area contributed by atoms with Crippen molar-refractivity contribution in [3.05, 3.63) is 74.2 Å². The molecule has 174 valence electrons. The van der Waals surface area contributed by atoms with Crippen LogP contribution >= 0.6 is 22.9 Å². The molecule has 1 amide bonds. The maximum absolute atomic E-state index is 12.9. The number of nitrogens with one attached hydrogen (secondary N) is 1. The van der Waals surface area contributed by atoms with E-state index in [1.54, 1.807) is 33.3 Å². The van der Waals surface area contributed by atoms with Gasteiger partial charge in [0.25, 0.3) is 11.6 Å². The molecular weight excluding hydrogens is 482 g/mol. The molecular formula is C22H18ClN5O5S. The first-order chi connectivity index (χ1) is 16.3. The highest BCUT2D eigenvalue weighted by molar-refractivity contribution is 7.12. The molecule has 0 unspecified atom stereocenters. The van der Waals surface area contributed by atoms with E-state index in [1.807, 2.05) is 17.5 Å². The highest BCUT2D eigenvalue weighted by Crippen LogP contribution is 2.34. The minimum absolute atomic E-state index is 0.0218. The van der Waals surface area contributed by atoms with Crippen LogP contribution in [0.15, 0.2) is 47.8 Å². The van der Waals surface area contributed by atoms with Gasteiger partial charge in [-0.25, -0.2) is 4.98 Å². The number of anilines is 1. The Bertz CT molecular complexity index is 1400. The molecule has 0 spiro atoms. The summed E-state index contributed by atoms with van der Waals surface area (Å²) in [4.78, 5) is 28.0. The second kappa shape index (κ2) is 9.49. The number of rotatable bonds is 7. The molecule has 0 saturated carbocycles. The van der Waals surface area contributed by atoms with E-state index in [4.69, 9.17) is 21.1 Å². The molecule has 0 aliphatic carbocycles. The van der Waals surface area contributed by atoms with Crippen molar-refractivity contribution in [3.63, 3.8) is 0 Å². The number of hydrogen-bond donors (Lipinski definition) is 1. The molecule has 10 nitrogen and oxygen atoms in total. The first-order valence-corrected chi connectivity index (χ1v) is 11.1. The molecule has 0 fully saturated rings. The molecule has 0 aliphatic rings. The van der Waals surface area contributed by atoms with Gasteiger partial charge in [0.05, 0.1) is 41.1 Å². The van der Waals surface area contributed by atoms with Crippen LogP contribution in [0.4, 0.5) is 11.5 Å². The van der Waals surface area contributed by atoms with Gasteiger partial charge < -0.3 is 14.8 Å². The van der Waals surface area contributed by atoms with Crippen LogP contribution in [-0.4, -0.2) is 39.8 Å². The molecule has 34 heavy (non-hydrogen) atoms. The van der Waals surface area contributed by atoms with Gasteiger partial charge in [-0.1, -0.05) is 11.6 Å². The molecule has 0 saturated heterocycles. The van der Waals surface area contributed by atoms with Gasteiger partial charge in [0.15, 0.2) is 11.5 Å². The summed E-state index contributed by atoms with van der Waals surface area (Å²) in [6.45, 7) is 1.77. The molecule has 12 heteroatoms. The van der Waals surface area contributed by atoms with Crippen LogP contribution in [0.2, 0.25) is 5.02 Å². The number of methoxy groups -OCH3 is 2. The van der Waals surface area contributed by atoms with Gasteiger partial charge in [-0.2, -0.15) is 9.78 Å². The zero-order valence-electron chi connectivity index (χ0n) is 18.2. The monoisotopic (exact) mass is 499 g/mol. The maximum Gasteiger partial charge on any atom is 0.270 e. The van der Waals surface area contributed by atoms with Crippen LogP contribution in [-0.2, 0) is 0 Å². The average Bonchev–Trinajstić information content (AvgIpc) is 3.45. The lowest BCUT2D eigenvalue weighted by Gasteiger charge is -2.09. The Labute approximate surface area is 202 Å². The predicted octanol–water partition coefficient (Wildman–Crippen LogP) is 5.14. The molecule has 2 heterocycles. The van der Waals surface area contributed by atoms with Crippen molar-refractivity contribution >= 4 is 40.4 Å². The number of benzene rings is 2. The third-order valence-corrected chi connectivity index (χ3v) is 5.98. The number of nitro benzene ring substituents is 1. The Balaban J connectivity index is 1.64. The predicted molar refractivity (Wildman–Crippen MR) is 129 cm³/mol. The largest absolute Gasteiger partial charge is 0.493 e. The molecule has 2 aromatic carbocycles. The lowest BCUT2D eigenvalue weighted by molar-refractivity contribution is -0.384. The van der Waals surface area contributed by atoms with E-state index in [1.165, 1.54) is 28.2 Å². The van der Waals surface area contributed by atoms with Crippen LogP contribution < -0.4 is 14.8 Å². The van der Waals surface area contributed by atoms with Crippen molar-refractivity contribution in [2.24, 2.45) is 0 Å². The molecule has 0 bridgehead atoms. The average molecular weight is 500 g/mol. The summed E-state index contributed by atoms with van der Waals surface area (Å²) >= 11 is 7.44. The van der Waals surface area contributed by atoms with Gasteiger partial charge in [0.1, 0.15) is 5.82 Å². The Morgan fingerprint density at radius 1 is 1.15 bits per heavy atom. The van der Waals surface area contributed by atoms with Gasteiger partial charge in [-0.15, -0.1) is 11.3 Å². The van der Waals surface area contributed by atoms with Crippen molar-refractivity contribution in [2.75, 3.05) is 19.5 Å². The van der Waals surface area contributed by atoms with Crippen LogP contribution in [0, 0.1) is 17.0 Å². The Hall–Kier alpha value is -3.96. The first-order valence-electron chi connectivity index (χ1n) is 9.81. The number of hydrogen-bond acceptors (Lipinski definition) is 8. The summed E-state index contributed by atoms with van der Waals surface area (Å²) in [5.74, 6) is 0.922. The number of aromatic nitrogens is 3. The number of nitrogens with zero attached hydrogens (tertiary/aromatic N) is 4. The van der Waals surface area contributed by atoms with Crippen molar-refractivity contribution in [1.82, 2.24) is 14.8 Å². The first kappa shape index (κ1) is 23.2. The number of aryl methyl sites for hydroxylation is 1. The minimum atomic E-state index is -0.605. The second-order valence-corrected chi connectivity index (χ2v) is 8.29. The maximum atomic E-state index is 12.9. The zero-order chi connectivity index (χ0) is 24.4. The standard InChI is InChI=1S/C22H18ClN5O5S/c1-12-8-20(25-21(29)15-10-14(28(30)31)5-6-16(15)23)27(26-12)22-24-17(11-34-22)13-4-7-18(32-2)19(9-13)33-3/h4-11H,1-3H3,(H,25,29). The number of ether oxygens (including phenoxy) is 2. The molecule has 2 aromatic heterocycles. The number of thiazole rings is 1. The Morgan fingerprint density at radius 3 is 2.62 bits per heavy atom. The van der Waals surface area contributed by atoms with Crippen molar-refractivity contribution in [2.45, 2.75) is 6.92 Å². The third kappa shape index (κ3) is 4.56. The van der Waals surface area contributed by atoms with Crippen LogP contribution in [0.25, 0.3) is 16.4 Å². The summed E-state index contributed by atoms with van der Waals surface area (Å²) in [6.07, 6.45) is 0. The van der Waals surface area contributed by atoms with Gasteiger partial charge in [0, 0.05) is 29.1 Å². The van der Waals surface area contributed by atoms with Crippen molar-refractivity contribution in [3.8, 4) is 27.9 Å². The number of non-ortho nitro benzene ring substituents is 1. The minimum Gasteiger partial charge on any atom is -0.493 e. The summed E-state index contributed by atoms with van der Waals surface area (Å²) in [7, 11) is 3.12. The number of carbonyl (C=O) groups is 1. The van der Waals surface area contributed by atoms with Gasteiger partial charge >= 0.3 is 0 Å². The summed E-state index contributed by atoms with van der Waals surface area (Å²) in [6, 6.07) is 10.8. The third-order valence-electron chi connectivity index (χ3n) is 4.83. The molecule has 4 aromatic rings. The van der Waals surface area contributed by atoms with Crippen molar-refractivity contribution in [1.29, 1.82) is 0 Å². The highest BCUT2D eigenvalue weighted by atomic mass is 35.5. The van der Waals surface area contributed by atoms with Gasteiger partial charge in [0.2, 0.25) is 5.13 Å². The van der Waals surface area contributed by atoms with E-state index in [9.17, 15) is 14.9 Å². The van der Waals surface area contributed by atoms with E-state index < -0.39 is 10.8 Å². The number of carbonyl (C=O) groups excluding carboxylic acids is 1. The lowest BCUT2D eigenvalue weighted by Crippen LogP contribution is -2.15. The number of amides is 1. The highest BCUT2D eigenvalue weighted by Gasteiger charge is 2.20. The number of halogens is 1. The SMILES string of the molecule is COc1ccc(-c2csc(-n3nc(C)cc3NC(=O)c3cc([N+](=O)[O-])ccc3Cl)n2)cc1OC. The fourth-order valence-corrected chi connectivity index (χ4v) is 4.21. The quantitative estimate of drug-likeness (QED) is 0.276. The summed E-state index contributed by atoms with van der Waals surface area (Å²) in [5, 5.41) is 20.7. The van der Waals surface area contributed by atoms with Gasteiger partial charge in [-0.3, -0.25) is 14.9 Å².